The van der Waals surface area contributed by atoms with Crippen molar-refractivity contribution in [2.75, 3.05) is 19.0 Å². The summed E-state index contributed by atoms with van der Waals surface area (Å²) < 4.78 is 12.8. The standard InChI is InChI=1S/C21H25N5O3/c1-14(12-25-10-8-22-15(25)2)21(27)26-9-7-19-18(13-26)20(24-29-19)23-16-5-4-6-17(11-16)28-3/h4-6,8,10-11,14H,7,9,12-13H2,1-3H3,(H,23,24)/t14-/m0/s1. The number of aromatic nitrogens is 3. The molecule has 0 unspecified atom stereocenters. The summed E-state index contributed by atoms with van der Waals surface area (Å²) in [6, 6.07) is 7.61. The summed E-state index contributed by atoms with van der Waals surface area (Å²) in [4.78, 5) is 19.1. The minimum atomic E-state index is -0.140. The summed E-state index contributed by atoms with van der Waals surface area (Å²) in [5.41, 5.74) is 1.78. The zero-order valence-corrected chi connectivity index (χ0v) is 16.9. The molecular formula is C21H25N5O3. The van der Waals surface area contributed by atoms with E-state index in [-0.39, 0.29) is 11.8 Å². The van der Waals surface area contributed by atoms with Crippen molar-refractivity contribution >= 4 is 17.4 Å². The zero-order chi connectivity index (χ0) is 20.4. The SMILES string of the molecule is COc1cccc(Nc2noc3c2CN(C(=O)[C@@H](C)Cn2ccnc2C)CC3)c1. The smallest absolute Gasteiger partial charge is 0.227 e. The molecule has 152 valence electrons. The van der Waals surface area contributed by atoms with Gasteiger partial charge in [-0.1, -0.05) is 18.1 Å². The molecule has 0 fully saturated rings. The van der Waals surface area contributed by atoms with Gasteiger partial charge < -0.3 is 24.0 Å². The Morgan fingerprint density at radius 2 is 2.28 bits per heavy atom. The molecule has 3 heterocycles. The number of methoxy groups -OCH3 is 1. The van der Waals surface area contributed by atoms with Crippen LogP contribution >= 0.6 is 0 Å². The molecule has 0 bridgehead atoms. The topological polar surface area (TPSA) is 85.4 Å². The van der Waals surface area contributed by atoms with Gasteiger partial charge in [-0.3, -0.25) is 4.79 Å². The first kappa shape index (κ1) is 19.0. The Kier molecular flexibility index (Phi) is 5.24. The molecule has 2 aromatic heterocycles. The molecule has 1 atom stereocenters. The van der Waals surface area contributed by atoms with Crippen LogP contribution in [0.25, 0.3) is 0 Å². The van der Waals surface area contributed by atoms with E-state index in [2.05, 4.69) is 15.5 Å². The van der Waals surface area contributed by atoms with E-state index in [1.165, 1.54) is 0 Å². The lowest BCUT2D eigenvalue weighted by Crippen LogP contribution is -2.40. The second-order valence-electron chi connectivity index (χ2n) is 7.33. The average Bonchev–Trinajstić information content (AvgIpc) is 3.33. The van der Waals surface area contributed by atoms with Crippen molar-refractivity contribution in [3.63, 3.8) is 0 Å². The van der Waals surface area contributed by atoms with E-state index in [0.29, 0.717) is 31.9 Å². The number of amides is 1. The first-order valence-corrected chi connectivity index (χ1v) is 9.70. The number of hydrogen-bond donors (Lipinski definition) is 1. The van der Waals surface area contributed by atoms with Crippen LogP contribution in [0.4, 0.5) is 11.5 Å². The predicted octanol–water partition coefficient (Wildman–Crippen LogP) is 3.15. The van der Waals surface area contributed by atoms with Gasteiger partial charge in [-0.15, -0.1) is 0 Å². The van der Waals surface area contributed by atoms with Gasteiger partial charge in [0.2, 0.25) is 5.91 Å². The highest BCUT2D eigenvalue weighted by atomic mass is 16.5. The van der Waals surface area contributed by atoms with Crippen molar-refractivity contribution in [1.29, 1.82) is 0 Å². The fourth-order valence-corrected chi connectivity index (χ4v) is 3.61. The van der Waals surface area contributed by atoms with Crippen LogP contribution in [0.1, 0.15) is 24.1 Å². The largest absolute Gasteiger partial charge is 0.497 e. The summed E-state index contributed by atoms with van der Waals surface area (Å²) in [7, 11) is 1.63. The number of nitrogens with one attached hydrogen (secondary N) is 1. The minimum Gasteiger partial charge on any atom is -0.497 e. The second-order valence-corrected chi connectivity index (χ2v) is 7.33. The average molecular weight is 395 g/mol. The minimum absolute atomic E-state index is 0.122. The number of hydrogen-bond acceptors (Lipinski definition) is 6. The third kappa shape index (κ3) is 3.96. The molecule has 3 aromatic rings. The second kappa shape index (κ2) is 7.98. The Morgan fingerprint density at radius 1 is 1.41 bits per heavy atom. The van der Waals surface area contributed by atoms with Gasteiger partial charge in [0.05, 0.1) is 25.1 Å². The molecule has 8 heteroatoms. The molecule has 0 spiro atoms. The van der Waals surface area contributed by atoms with Crippen molar-refractivity contribution < 1.29 is 14.1 Å². The van der Waals surface area contributed by atoms with E-state index in [1.807, 2.05) is 53.8 Å². The summed E-state index contributed by atoms with van der Waals surface area (Å²) in [5.74, 6) is 3.12. The number of nitrogens with zero attached hydrogens (tertiary/aromatic N) is 4. The Bertz CT molecular complexity index is 1010. The van der Waals surface area contributed by atoms with Crippen LogP contribution in [0.5, 0.6) is 5.75 Å². The maximum Gasteiger partial charge on any atom is 0.227 e. The van der Waals surface area contributed by atoms with E-state index in [1.54, 1.807) is 13.3 Å². The number of carbonyl (C=O) groups is 1. The Morgan fingerprint density at radius 3 is 3.03 bits per heavy atom. The first-order valence-electron chi connectivity index (χ1n) is 9.70. The molecule has 0 aliphatic carbocycles. The molecule has 29 heavy (non-hydrogen) atoms. The molecular weight excluding hydrogens is 370 g/mol. The summed E-state index contributed by atoms with van der Waals surface area (Å²) in [6.45, 7) is 5.63. The van der Waals surface area contributed by atoms with Crippen LogP contribution in [-0.4, -0.2) is 39.2 Å². The molecule has 4 rings (SSSR count). The summed E-state index contributed by atoms with van der Waals surface area (Å²) in [6.07, 6.45) is 4.32. The number of carbonyl (C=O) groups excluding carboxylic acids is 1. The fourth-order valence-electron chi connectivity index (χ4n) is 3.61. The Balaban J connectivity index is 1.47. The van der Waals surface area contributed by atoms with Gasteiger partial charge in [0, 0.05) is 43.7 Å². The summed E-state index contributed by atoms with van der Waals surface area (Å²) in [5, 5.41) is 7.47. The lowest BCUT2D eigenvalue weighted by Gasteiger charge is -2.29. The monoisotopic (exact) mass is 395 g/mol. The van der Waals surface area contributed by atoms with E-state index in [0.717, 1.165) is 28.6 Å². The molecule has 8 nitrogen and oxygen atoms in total. The number of rotatable bonds is 6. The number of anilines is 2. The normalized spacial score (nSPS) is 14.4. The van der Waals surface area contributed by atoms with E-state index < -0.39 is 0 Å². The van der Waals surface area contributed by atoms with Gasteiger partial charge in [-0.2, -0.15) is 0 Å². The maximum absolute atomic E-state index is 13.0. The van der Waals surface area contributed by atoms with Crippen LogP contribution in [-0.2, 0) is 24.3 Å². The van der Waals surface area contributed by atoms with Crippen LogP contribution in [0.3, 0.4) is 0 Å². The number of imidazole rings is 1. The molecule has 1 N–H and O–H groups in total. The number of aryl methyl sites for hydroxylation is 1. The highest BCUT2D eigenvalue weighted by Crippen LogP contribution is 2.30. The van der Waals surface area contributed by atoms with Gasteiger partial charge in [-0.05, 0) is 19.1 Å². The molecule has 0 saturated carbocycles. The lowest BCUT2D eigenvalue weighted by molar-refractivity contribution is -0.136. The molecule has 1 aliphatic rings. The molecule has 1 amide bonds. The molecule has 1 aliphatic heterocycles. The predicted molar refractivity (Wildman–Crippen MR) is 108 cm³/mol. The van der Waals surface area contributed by atoms with Crippen molar-refractivity contribution in [2.24, 2.45) is 5.92 Å². The number of ether oxygens (including phenoxy) is 1. The van der Waals surface area contributed by atoms with Gasteiger partial charge in [0.25, 0.3) is 0 Å². The first-order chi connectivity index (χ1) is 14.0. The van der Waals surface area contributed by atoms with E-state index in [9.17, 15) is 4.79 Å². The number of fused-ring (bicyclic) bond motifs is 1. The Labute approximate surface area is 169 Å². The third-order valence-corrected chi connectivity index (χ3v) is 5.29. The quantitative estimate of drug-likeness (QED) is 0.690. The van der Waals surface area contributed by atoms with Crippen molar-refractivity contribution in [1.82, 2.24) is 19.6 Å². The zero-order valence-electron chi connectivity index (χ0n) is 16.9. The van der Waals surface area contributed by atoms with Crippen LogP contribution < -0.4 is 10.1 Å². The van der Waals surface area contributed by atoms with Gasteiger partial charge in [0.15, 0.2) is 5.82 Å². The molecule has 0 radical (unpaired) electrons. The van der Waals surface area contributed by atoms with E-state index in [4.69, 9.17) is 9.26 Å². The van der Waals surface area contributed by atoms with Crippen molar-refractivity contribution in [3.8, 4) is 5.75 Å². The third-order valence-electron chi connectivity index (χ3n) is 5.29. The van der Waals surface area contributed by atoms with Crippen LogP contribution in [0.2, 0.25) is 0 Å². The highest BCUT2D eigenvalue weighted by Gasteiger charge is 2.29. The fraction of sp³-hybridized carbons (Fsp3) is 0.381. The van der Waals surface area contributed by atoms with Crippen molar-refractivity contribution in [3.05, 3.63) is 53.8 Å². The maximum atomic E-state index is 13.0. The summed E-state index contributed by atoms with van der Waals surface area (Å²) >= 11 is 0. The number of benzene rings is 1. The van der Waals surface area contributed by atoms with Crippen LogP contribution in [0, 0.1) is 12.8 Å². The molecule has 0 saturated heterocycles. The highest BCUT2D eigenvalue weighted by molar-refractivity contribution is 5.79. The van der Waals surface area contributed by atoms with Crippen LogP contribution in [0.15, 0.2) is 41.2 Å². The van der Waals surface area contributed by atoms with Gasteiger partial charge in [0.1, 0.15) is 17.3 Å². The van der Waals surface area contributed by atoms with Gasteiger partial charge in [-0.25, -0.2) is 4.98 Å². The van der Waals surface area contributed by atoms with Gasteiger partial charge >= 0.3 is 0 Å². The lowest BCUT2D eigenvalue weighted by atomic mass is 10.0. The Hall–Kier alpha value is -3.29. The van der Waals surface area contributed by atoms with E-state index >= 15 is 0 Å². The molecule has 1 aromatic carbocycles. The van der Waals surface area contributed by atoms with Crippen molar-refractivity contribution in [2.45, 2.75) is 33.4 Å².